The predicted molar refractivity (Wildman–Crippen MR) is 127 cm³/mol. The van der Waals surface area contributed by atoms with Crippen LogP contribution in [0.4, 0.5) is 11.4 Å². The van der Waals surface area contributed by atoms with E-state index >= 15 is 0 Å². The molecule has 0 fully saturated rings. The SMILES string of the molecule is CCN(C(=O)COC(=O)COc1ccc(N(C)S(=O)(=O)c2cccs2)cc1)c1ccccc1. The summed E-state index contributed by atoms with van der Waals surface area (Å²) in [6.07, 6.45) is 0. The summed E-state index contributed by atoms with van der Waals surface area (Å²) in [5, 5.41) is 1.70. The van der Waals surface area contributed by atoms with Crippen LogP contribution in [-0.4, -0.2) is 47.1 Å². The summed E-state index contributed by atoms with van der Waals surface area (Å²) in [4.78, 5) is 25.9. The van der Waals surface area contributed by atoms with Crippen molar-refractivity contribution in [1.29, 1.82) is 0 Å². The Morgan fingerprint density at radius 1 is 0.909 bits per heavy atom. The number of rotatable bonds is 10. The minimum Gasteiger partial charge on any atom is -0.482 e. The van der Waals surface area contributed by atoms with Gasteiger partial charge >= 0.3 is 5.97 Å². The fourth-order valence-corrected chi connectivity index (χ4v) is 5.31. The van der Waals surface area contributed by atoms with Crippen LogP contribution in [0.15, 0.2) is 76.3 Å². The molecule has 1 amide bonds. The van der Waals surface area contributed by atoms with Crippen LogP contribution in [-0.2, 0) is 24.3 Å². The molecule has 3 rings (SSSR count). The first-order valence-electron chi connectivity index (χ1n) is 10.1. The van der Waals surface area contributed by atoms with Gasteiger partial charge in [0.05, 0.1) is 5.69 Å². The molecule has 1 aromatic heterocycles. The second-order valence-corrected chi connectivity index (χ2v) is 9.97. The van der Waals surface area contributed by atoms with Gasteiger partial charge in [0.15, 0.2) is 13.2 Å². The maximum atomic E-state index is 12.6. The molecular weight excluding hydrogens is 464 g/mol. The van der Waals surface area contributed by atoms with Crippen LogP contribution in [0.5, 0.6) is 5.75 Å². The Morgan fingerprint density at radius 3 is 2.21 bits per heavy atom. The molecule has 33 heavy (non-hydrogen) atoms. The largest absolute Gasteiger partial charge is 0.482 e. The molecule has 0 N–H and O–H groups in total. The van der Waals surface area contributed by atoms with Crippen LogP contribution < -0.4 is 13.9 Å². The van der Waals surface area contributed by atoms with Crippen molar-refractivity contribution in [2.75, 3.05) is 36.0 Å². The number of hydrogen-bond donors (Lipinski definition) is 0. The van der Waals surface area contributed by atoms with Gasteiger partial charge in [-0.05, 0) is 54.8 Å². The Bertz CT molecular complexity index is 1160. The van der Waals surface area contributed by atoms with Gasteiger partial charge in [-0.1, -0.05) is 24.3 Å². The van der Waals surface area contributed by atoms with Gasteiger partial charge in [0.2, 0.25) is 0 Å². The third kappa shape index (κ3) is 6.11. The van der Waals surface area contributed by atoms with Crippen LogP contribution in [0.25, 0.3) is 0 Å². The predicted octanol–water partition coefficient (Wildman–Crippen LogP) is 3.55. The number of para-hydroxylation sites is 1. The number of sulfonamides is 1. The number of likely N-dealkylation sites (N-methyl/N-ethyl adjacent to an activating group) is 1. The molecule has 3 aromatic rings. The number of amides is 1. The molecule has 10 heteroatoms. The van der Waals surface area contributed by atoms with Gasteiger partial charge in [-0.2, -0.15) is 0 Å². The van der Waals surface area contributed by atoms with Crippen molar-refractivity contribution in [3.63, 3.8) is 0 Å². The highest BCUT2D eigenvalue weighted by Crippen LogP contribution is 2.26. The molecule has 0 radical (unpaired) electrons. The molecular formula is C23H24N2O6S2. The number of thiophene rings is 1. The lowest BCUT2D eigenvalue weighted by molar-refractivity contribution is -0.149. The van der Waals surface area contributed by atoms with Crippen molar-refractivity contribution in [2.45, 2.75) is 11.1 Å². The van der Waals surface area contributed by atoms with Gasteiger partial charge < -0.3 is 14.4 Å². The van der Waals surface area contributed by atoms with Crippen LogP contribution in [0, 0.1) is 0 Å². The van der Waals surface area contributed by atoms with Crippen molar-refractivity contribution in [3.05, 3.63) is 72.1 Å². The zero-order valence-corrected chi connectivity index (χ0v) is 19.8. The average Bonchev–Trinajstić information content (AvgIpc) is 3.38. The maximum absolute atomic E-state index is 12.6. The second-order valence-electron chi connectivity index (χ2n) is 6.82. The molecule has 0 unspecified atom stereocenters. The number of carbonyl (C=O) groups excluding carboxylic acids is 2. The van der Waals surface area contributed by atoms with E-state index in [0.717, 1.165) is 17.0 Å². The lowest BCUT2D eigenvalue weighted by atomic mass is 10.3. The summed E-state index contributed by atoms with van der Waals surface area (Å²) in [6, 6.07) is 18.6. The molecule has 0 bridgehead atoms. The van der Waals surface area contributed by atoms with Gasteiger partial charge in [0, 0.05) is 19.3 Å². The minimum atomic E-state index is -3.63. The first-order chi connectivity index (χ1) is 15.8. The van der Waals surface area contributed by atoms with E-state index in [1.54, 1.807) is 53.9 Å². The van der Waals surface area contributed by atoms with Crippen molar-refractivity contribution >= 4 is 44.6 Å². The molecule has 8 nitrogen and oxygen atoms in total. The molecule has 0 aliphatic heterocycles. The van der Waals surface area contributed by atoms with Crippen LogP contribution in [0.1, 0.15) is 6.92 Å². The highest BCUT2D eigenvalue weighted by atomic mass is 32.2. The first kappa shape index (κ1) is 24.3. The van der Waals surface area contributed by atoms with Gasteiger partial charge in [0.1, 0.15) is 9.96 Å². The van der Waals surface area contributed by atoms with E-state index in [9.17, 15) is 18.0 Å². The average molecular weight is 489 g/mol. The molecule has 0 atom stereocenters. The zero-order chi connectivity index (χ0) is 23.8. The Hall–Kier alpha value is -3.37. The fourth-order valence-electron chi connectivity index (χ4n) is 2.95. The van der Waals surface area contributed by atoms with E-state index in [-0.39, 0.29) is 16.7 Å². The highest BCUT2D eigenvalue weighted by Gasteiger charge is 2.22. The normalized spacial score (nSPS) is 11.0. The lowest BCUT2D eigenvalue weighted by Gasteiger charge is -2.20. The number of nitrogens with zero attached hydrogens (tertiary/aromatic N) is 2. The third-order valence-electron chi connectivity index (χ3n) is 4.71. The Labute approximate surface area is 197 Å². The fraction of sp³-hybridized carbons (Fsp3) is 0.217. The number of esters is 1. The smallest absolute Gasteiger partial charge is 0.344 e. The van der Waals surface area contributed by atoms with Crippen molar-refractivity contribution in [3.8, 4) is 5.75 Å². The zero-order valence-electron chi connectivity index (χ0n) is 18.2. The van der Waals surface area contributed by atoms with E-state index in [4.69, 9.17) is 9.47 Å². The maximum Gasteiger partial charge on any atom is 0.344 e. The van der Waals surface area contributed by atoms with Crippen LogP contribution >= 0.6 is 11.3 Å². The van der Waals surface area contributed by atoms with E-state index < -0.39 is 22.6 Å². The number of hydrogen-bond acceptors (Lipinski definition) is 7. The summed E-state index contributed by atoms with van der Waals surface area (Å²) >= 11 is 1.14. The second kappa shape index (κ2) is 11.0. The van der Waals surface area contributed by atoms with Crippen LogP contribution in [0.3, 0.4) is 0 Å². The molecule has 2 aromatic carbocycles. The first-order valence-corrected chi connectivity index (χ1v) is 12.4. The Kier molecular flexibility index (Phi) is 8.07. The summed E-state index contributed by atoms with van der Waals surface area (Å²) in [5.41, 5.74) is 1.17. The van der Waals surface area contributed by atoms with Gasteiger partial charge in [-0.3, -0.25) is 9.10 Å². The lowest BCUT2D eigenvalue weighted by Crippen LogP contribution is -2.35. The van der Waals surface area contributed by atoms with E-state index in [2.05, 4.69) is 0 Å². The van der Waals surface area contributed by atoms with Crippen molar-refractivity contribution in [1.82, 2.24) is 0 Å². The van der Waals surface area contributed by atoms with Crippen molar-refractivity contribution < 1.29 is 27.5 Å². The molecule has 174 valence electrons. The monoisotopic (exact) mass is 488 g/mol. The molecule has 0 spiro atoms. The Morgan fingerprint density at radius 2 is 1.61 bits per heavy atom. The third-order valence-corrected chi connectivity index (χ3v) is 7.87. The standard InChI is InChI=1S/C23H24N2O6S2/c1-3-25(19-8-5-4-6-9-19)21(26)16-31-22(27)17-30-20-13-11-18(12-14-20)24(2)33(28,29)23-10-7-15-32-23/h4-15H,3,16-17H2,1-2H3. The summed E-state index contributed by atoms with van der Waals surface area (Å²) in [6.45, 7) is 1.51. The summed E-state index contributed by atoms with van der Waals surface area (Å²) < 4.78 is 37.0. The molecule has 0 saturated heterocycles. The molecule has 0 aliphatic rings. The van der Waals surface area contributed by atoms with Crippen LogP contribution in [0.2, 0.25) is 0 Å². The molecule has 0 aliphatic carbocycles. The van der Waals surface area contributed by atoms with Crippen molar-refractivity contribution in [2.24, 2.45) is 0 Å². The van der Waals surface area contributed by atoms with E-state index in [1.165, 1.54) is 16.3 Å². The van der Waals surface area contributed by atoms with Gasteiger partial charge in [0.25, 0.3) is 15.9 Å². The van der Waals surface area contributed by atoms with Gasteiger partial charge in [-0.25, -0.2) is 13.2 Å². The minimum absolute atomic E-state index is 0.247. The number of benzene rings is 2. The highest BCUT2D eigenvalue weighted by molar-refractivity contribution is 7.94. The topological polar surface area (TPSA) is 93.2 Å². The summed E-state index contributed by atoms with van der Waals surface area (Å²) in [7, 11) is -2.16. The number of ether oxygens (including phenoxy) is 2. The summed E-state index contributed by atoms with van der Waals surface area (Å²) in [5.74, 6) is -0.659. The number of anilines is 2. The molecule has 1 heterocycles. The number of carbonyl (C=O) groups is 2. The van der Waals surface area contributed by atoms with E-state index in [0.29, 0.717) is 18.0 Å². The molecule has 0 saturated carbocycles. The van der Waals surface area contributed by atoms with Gasteiger partial charge in [-0.15, -0.1) is 11.3 Å². The Balaban J connectivity index is 1.50. The quantitative estimate of drug-likeness (QED) is 0.405. The van der Waals surface area contributed by atoms with E-state index in [1.807, 2.05) is 25.1 Å².